The van der Waals surface area contributed by atoms with Gasteiger partial charge in [-0.2, -0.15) is 0 Å². The van der Waals surface area contributed by atoms with Crippen molar-refractivity contribution < 1.29 is 23.9 Å². The number of ether oxygens (including phenoxy) is 1. The van der Waals surface area contributed by atoms with E-state index < -0.39 is 5.97 Å². The molecule has 138 valence electrons. The van der Waals surface area contributed by atoms with Gasteiger partial charge in [0.1, 0.15) is 0 Å². The SMILES string of the molecule is COC(=O)c1ccc(NC(=O)CCCN2C(=O)c3ccccc3C2=O)cc1. The van der Waals surface area contributed by atoms with E-state index in [4.69, 9.17) is 0 Å². The first-order valence-electron chi connectivity index (χ1n) is 8.44. The normalized spacial score (nSPS) is 12.7. The molecule has 3 rings (SSSR count). The van der Waals surface area contributed by atoms with Crippen LogP contribution in [-0.2, 0) is 9.53 Å². The van der Waals surface area contributed by atoms with Gasteiger partial charge in [0, 0.05) is 18.7 Å². The summed E-state index contributed by atoms with van der Waals surface area (Å²) in [5, 5.41) is 2.71. The van der Waals surface area contributed by atoms with Crippen molar-refractivity contribution in [1.29, 1.82) is 0 Å². The van der Waals surface area contributed by atoms with E-state index in [0.717, 1.165) is 0 Å². The van der Waals surface area contributed by atoms with Crippen LogP contribution in [0.1, 0.15) is 43.9 Å². The molecule has 0 atom stereocenters. The van der Waals surface area contributed by atoms with Crippen LogP contribution >= 0.6 is 0 Å². The molecule has 0 saturated heterocycles. The molecule has 0 unspecified atom stereocenters. The summed E-state index contributed by atoms with van der Waals surface area (Å²) in [6.45, 7) is 0.182. The Bertz CT molecular complexity index is 870. The number of hydrogen-bond acceptors (Lipinski definition) is 5. The largest absolute Gasteiger partial charge is 0.465 e. The second-order valence-corrected chi connectivity index (χ2v) is 6.03. The summed E-state index contributed by atoms with van der Waals surface area (Å²) < 4.78 is 4.61. The quantitative estimate of drug-likeness (QED) is 0.626. The maximum Gasteiger partial charge on any atom is 0.337 e. The van der Waals surface area contributed by atoms with Gasteiger partial charge >= 0.3 is 5.97 Å². The highest BCUT2D eigenvalue weighted by atomic mass is 16.5. The third-order valence-electron chi connectivity index (χ3n) is 4.25. The average Bonchev–Trinajstić information content (AvgIpc) is 2.93. The number of methoxy groups -OCH3 is 1. The number of esters is 1. The maximum absolute atomic E-state index is 12.3. The van der Waals surface area contributed by atoms with E-state index in [0.29, 0.717) is 28.8 Å². The number of hydrogen-bond donors (Lipinski definition) is 1. The van der Waals surface area contributed by atoms with Gasteiger partial charge in [-0.05, 0) is 42.8 Å². The van der Waals surface area contributed by atoms with E-state index in [2.05, 4.69) is 10.1 Å². The number of rotatable bonds is 6. The van der Waals surface area contributed by atoms with Gasteiger partial charge in [-0.1, -0.05) is 12.1 Å². The van der Waals surface area contributed by atoms with Crippen LogP contribution in [0.25, 0.3) is 0 Å². The van der Waals surface area contributed by atoms with Crippen LogP contribution in [0.4, 0.5) is 5.69 Å². The highest BCUT2D eigenvalue weighted by molar-refractivity contribution is 6.21. The second-order valence-electron chi connectivity index (χ2n) is 6.03. The molecule has 1 aliphatic heterocycles. The lowest BCUT2D eigenvalue weighted by Gasteiger charge is -2.13. The summed E-state index contributed by atoms with van der Waals surface area (Å²) in [4.78, 5) is 49.1. The van der Waals surface area contributed by atoms with Gasteiger partial charge in [-0.25, -0.2) is 4.79 Å². The third kappa shape index (κ3) is 3.87. The molecule has 1 heterocycles. The molecule has 0 saturated carbocycles. The van der Waals surface area contributed by atoms with E-state index in [1.807, 2.05) is 0 Å². The van der Waals surface area contributed by atoms with Crippen molar-refractivity contribution in [2.75, 3.05) is 19.0 Å². The third-order valence-corrected chi connectivity index (χ3v) is 4.25. The molecule has 0 spiro atoms. The van der Waals surface area contributed by atoms with Gasteiger partial charge in [0.2, 0.25) is 5.91 Å². The zero-order chi connectivity index (χ0) is 19.4. The number of carbonyl (C=O) groups excluding carboxylic acids is 4. The van der Waals surface area contributed by atoms with Crippen molar-refractivity contribution in [3.8, 4) is 0 Å². The molecule has 1 N–H and O–H groups in total. The Morgan fingerprint density at radius 2 is 1.56 bits per heavy atom. The number of amides is 3. The van der Waals surface area contributed by atoms with Crippen LogP contribution in [-0.4, -0.2) is 42.2 Å². The molecule has 0 bridgehead atoms. The minimum absolute atomic E-state index is 0.159. The summed E-state index contributed by atoms with van der Waals surface area (Å²) in [6, 6.07) is 13.0. The molecule has 2 aromatic carbocycles. The molecule has 3 amide bonds. The first-order chi connectivity index (χ1) is 13.0. The molecule has 27 heavy (non-hydrogen) atoms. The van der Waals surface area contributed by atoms with Gasteiger partial charge in [-0.15, -0.1) is 0 Å². The number of nitrogens with zero attached hydrogens (tertiary/aromatic N) is 1. The van der Waals surface area contributed by atoms with Crippen LogP contribution < -0.4 is 5.32 Å². The van der Waals surface area contributed by atoms with Crippen LogP contribution in [0, 0.1) is 0 Å². The van der Waals surface area contributed by atoms with E-state index >= 15 is 0 Å². The van der Waals surface area contributed by atoms with Gasteiger partial charge in [-0.3, -0.25) is 19.3 Å². The molecule has 0 aliphatic carbocycles. The topological polar surface area (TPSA) is 92.8 Å². The molecular formula is C20H18N2O5. The standard InChI is InChI=1S/C20H18N2O5/c1-27-20(26)13-8-10-14(11-9-13)21-17(23)7-4-12-22-18(24)15-5-2-3-6-16(15)19(22)25/h2-3,5-6,8-11H,4,7,12H2,1H3,(H,21,23). The van der Waals surface area contributed by atoms with Crippen molar-refractivity contribution in [1.82, 2.24) is 4.90 Å². The summed E-state index contributed by atoms with van der Waals surface area (Å²) in [5.74, 6) is -1.34. The van der Waals surface area contributed by atoms with Gasteiger partial charge in [0.05, 0.1) is 23.8 Å². The Kier molecular flexibility index (Phi) is 5.30. The van der Waals surface area contributed by atoms with E-state index in [-0.39, 0.29) is 30.7 Å². The fourth-order valence-corrected chi connectivity index (χ4v) is 2.87. The van der Waals surface area contributed by atoms with Crippen molar-refractivity contribution in [2.45, 2.75) is 12.8 Å². The summed E-state index contributed by atoms with van der Waals surface area (Å²) >= 11 is 0. The Hall–Kier alpha value is -3.48. The maximum atomic E-state index is 12.3. The lowest BCUT2D eigenvalue weighted by atomic mass is 10.1. The molecule has 7 nitrogen and oxygen atoms in total. The first kappa shape index (κ1) is 18.3. The Labute approximate surface area is 155 Å². The number of fused-ring (bicyclic) bond motifs is 1. The summed E-state index contributed by atoms with van der Waals surface area (Å²) in [7, 11) is 1.30. The Morgan fingerprint density at radius 1 is 0.963 bits per heavy atom. The highest BCUT2D eigenvalue weighted by Crippen LogP contribution is 2.22. The van der Waals surface area contributed by atoms with Crippen LogP contribution in [0.5, 0.6) is 0 Å². The number of anilines is 1. The number of carbonyl (C=O) groups is 4. The minimum atomic E-state index is -0.450. The minimum Gasteiger partial charge on any atom is -0.465 e. The molecule has 0 radical (unpaired) electrons. The fraction of sp³-hybridized carbons (Fsp3) is 0.200. The second kappa shape index (κ2) is 7.82. The van der Waals surface area contributed by atoms with Gasteiger partial charge in [0.25, 0.3) is 11.8 Å². The van der Waals surface area contributed by atoms with Crippen molar-refractivity contribution in [3.63, 3.8) is 0 Å². The predicted molar refractivity (Wildman–Crippen MR) is 97.5 cm³/mol. The smallest absolute Gasteiger partial charge is 0.337 e. The van der Waals surface area contributed by atoms with Gasteiger partial charge < -0.3 is 10.1 Å². The molecule has 0 aromatic heterocycles. The van der Waals surface area contributed by atoms with E-state index in [1.165, 1.54) is 12.0 Å². The number of nitrogens with one attached hydrogen (secondary N) is 1. The summed E-state index contributed by atoms with van der Waals surface area (Å²) in [6.07, 6.45) is 0.518. The zero-order valence-corrected chi connectivity index (χ0v) is 14.7. The monoisotopic (exact) mass is 366 g/mol. The zero-order valence-electron chi connectivity index (χ0n) is 14.7. The Balaban J connectivity index is 1.50. The molecule has 1 aliphatic rings. The number of imide groups is 1. The molecular weight excluding hydrogens is 348 g/mol. The first-order valence-corrected chi connectivity index (χ1v) is 8.44. The highest BCUT2D eigenvalue weighted by Gasteiger charge is 2.34. The lowest BCUT2D eigenvalue weighted by molar-refractivity contribution is -0.116. The average molecular weight is 366 g/mol. The van der Waals surface area contributed by atoms with E-state index in [9.17, 15) is 19.2 Å². The van der Waals surface area contributed by atoms with Crippen LogP contribution in [0.2, 0.25) is 0 Å². The van der Waals surface area contributed by atoms with Crippen molar-refractivity contribution in [3.05, 3.63) is 65.2 Å². The molecule has 7 heteroatoms. The number of benzene rings is 2. The predicted octanol–water partition coefficient (Wildman–Crippen LogP) is 2.49. The van der Waals surface area contributed by atoms with Crippen molar-refractivity contribution in [2.24, 2.45) is 0 Å². The van der Waals surface area contributed by atoms with Crippen LogP contribution in [0.15, 0.2) is 48.5 Å². The Morgan fingerprint density at radius 3 is 2.11 bits per heavy atom. The van der Waals surface area contributed by atoms with Crippen molar-refractivity contribution >= 4 is 29.4 Å². The van der Waals surface area contributed by atoms with Gasteiger partial charge in [0.15, 0.2) is 0 Å². The molecule has 0 fully saturated rings. The summed E-state index contributed by atoms with van der Waals surface area (Å²) in [5.41, 5.74) is 1.74. The van der Waals surface area contributed by atoms with E-state index in [1.54, 1.807) is 48.5 Å². The lowest BCUT2D eigenvalue weighted by Crippen LogP contribution is -2.31. The van der Waals surface area contributed by atoms with Crippen LogP contribution in [0.3, 0.4) is 0 Å². The molecule has 2 aromatic rings. The fourth-order valence-electron chi connectivity index (χ4n) is 2.87.